The fraction of sp³-hybridized carbons (Fsp3) is 0.368. The highest BCUT2D eigenvalue weighted by atomic mass is 32.1. The topological polar surface area (TPSA) is 59.8 Å². The molecule has 0 unspecified atom stereocenters. The van der Waals surface area contributed by atoms with Crippen LogP contribution >= 0.6 is 11.3 Å². The molecule has 2 aromatic rings. The van der Waals surface area contributed by atoms with Crippen molar-refractivity contribution in [3.8, 4) is 0 Å². The molecule has 1 aliphatic heterocycles. The van der Waals surface area contributed by atoms with E-state index in [1.165, 1.54) is 23.2 Å². The molecule has 5 nitrogen and oxygen atoms in total. The number of benzene rings is 1. The van der Waals surface area contributed by atoms with Gasteiger partial charge in [-0.15, -0.1) is 11.3 Å². The van der Waals surface area contributed by atoms with E-state index in [2.05, 4.69) is 5.32 Å². The maximum Gasteiger partial charge on any atom is 0.262 e. The SMILES string of the molecule is CC(=O)c1ccc(C(=O)N[C@@H](C[NH+]2CCOCC2)c2ccccc2)s1. The van der Waals surface area contributed by atoms with Crippen LogP contribution in [-0.2, 0) is 4.74 Å². The van der Waals surface area contributed by atoms with E-state index in [0.717, 1.165) is 38.4 Å². The zero-order chi connectivity index (χ0) is 17.6. The zero-order valence-corrected chi connectivity index (χ0v) is 15.1. The Morgan fingerprint density at radius 2 is 1.80 bits per heavy atom. The van der Waals surface area contributed by atoms with Crippen molar-refractivity contribution < 1.29 is 19.2 Å². The molecule has 6 heteroatoms. The Morgan fingerprint density at radius 3 is 2.44 bits per heavy atom. The van der Waals surface area contributed by atoms with Gasteiger partial charge < -0.3 is 15.0 Å². The predicted molar refractivity (Wildman–Crippen MR) is 97.4 cm³/mol. The Morgan fingerprint density at radius 1 is 1.12 bits per heavy atom. The molecule has 1 fully saturated rings. The third-order valence-electron chi connectivity index (χ3n) is 4.38. The number of thiophene rings is 1. The van der Waals surface area contributed by atoms with Crippen LogP contribution in [0, 0.1) is 0 Å². The van der Waals surface area contributed by atoms with E-state index >= 15 is 0 Å². The number of amides is 1. The van der Waals surface area contributed by atoms with Crippen molar-refractivity contribution in [3.63, 3.8) is 0 Å². The summed E-state index contributed by atoms with van der Waals surface area (Å²) in [6, 6.07) is 13.4. The summed E-state index contributed by atoms with van der Waals surface area (Å²) in [6.07, 6.45) is 0. The van der Waals surface area contributed by atoms with Gasteiger partial charge in [0.2, 0.25) is 0 Å². The monoisotopic (exact) mass is 359 g/mol. The van der Waals surface area contributed by atoms with Crippen molar-refractivity contribution >= 4 is 23.0 Å². The number of hydrogen-bond acceptors (Lipinski definition) is 4. The van der Waals surface area contributed by atoms with Crippen molar-refractivity contribution in [2.24, 2.45) is 0 Å². The largest absolute Gasteiger partial charge is 0.370 e. The van der Waals surface area contributed by atoms with Gasteiger partial charge in [0.1, 0.15) is 25.7 Å². The number of carbonyl (C=O) groups is 2. The fourth-order valence-electron chi connectivity index (χ4n) is 2.97. The van der Waals surface area contributed by atoms with Gasteiger partial charge in [-0.3, -0.25) is 9.59 Å². The van der Waals surface area contributed by atoms with Crippen LogP contribution in [0.2, 0.25) is 0 Å². The molecule has 0 aliphatic carbocycles. The van der Waals surface area contributed by atoms with Crippen LogP contribution in [0.25, 0.3) is 0 Å². The number of morpholine rings is 1. The van der Waals surface area contributed by atoms with Crippen molar-refractivity contribution in [2.75, 3.05) is 32.8 Å². The van der Waals surface area contributed by atoms with Crippen LogP contribution in [0.4, 0.5) is 0 Å². The first kappa shape index (κ1) is 17.8. The van der Waals surface area contributed by atoms with Crippen molar-refractivity contribution in [1.82, 2.24) is 5.32 Å². The van der Waals surface area contributed by atoms with E-state index in [1.807, 2.05) is 30.3 Å². The standard InChI is InChI=1S/C19H22N2O3S/c1-14(22)17-7-8-18(25-17)19(23)20-16(15-5-3-2-4-6-15)13-21-9-11-24-12-10-21/h2-8,16H,9-13H2,1H3,(H,20,23)/p+1/t16-/m0/s1. The van der Waals surface area contributed by atoms with Crippen LogP contribution in [-0.4, -0.2) is 44.5 Å². The molecule has 2 heterocycles. The summed E-state index contributed by atoms with van der Waals surface area (Å²) in [4.78, 5) is 26.7. The van der Waals surface area contributed by atoms with Gasteiger partial charge in [0.05, 0.1) is 23.0 Å². The lowest BCUT2D eigenvalue weighted by Gasteiger charge is -2.28. The second kappa shape index (κ2) is 8.38. The molecule has 1 amide bonds. The first-order valence-electron chi connectivity index (χ1n) is 8.51. The number of quaternary nitrogens is 1. The third kappa shape index (κ3) is 4.75. The highest BCUT2D eigenvalue weighted by molar-refractivity contribution is 7.15. The average molecular weight is 359 g/mol. The molecule has 2 N–H and O–H groups in total. The van der Waals surface area contributed by atoms with Crippen molar-refractivity contribution in [3.05, 3.63) is 57.8 Å². The van der Waals surface area contributed by atoms with E-state index in [1.54, 1.807) is 12.1 Å². The van der Waals surface area contributed by atoms with Gasteiger partial charge >= 0.3 is 0 Å². The van der Waals surface area contributed by atoms with Crippen LogP contribution in [0.5, 0.6) is 0 Å². The first-order chi connectivity index (χ1) is 12.1. The minimum atomic E-state index is -0.126. The molecule has 3 rings (SSSR count). The minimum absolute atomic E-state index is 0.0126. The summed E-state index contributed by atoms with van der Waals surface area (Å²) in [5.74, 6) is -0.138. The normalized spacial score (nSPS) is 16.4. The summed E-state index contributed by atoms with van der Waals surface area (Å²) in [7, 11) is 0. The molecule has 0 radical (unpaired) electrons. The number of carbonyl (C=O) groups excluding carboxylic acids is 2. The minimum Gasteiger partial charge on any atom is -0.370 e. The van der Waals surface area contributed by atoms with E-state index in [9.17, 15) is 9.59 Å². The third-order valence-corrected chi connectivity index (χ3v) is 5.56. The lowest BCUT2D eigenvalue weighted by molar-refractivity contribution is -0.909. The molecular weight excluding hydrogens is 336 g/mol. The van der Waals surface area contributed by atoms with Gasteiger partial charge in [-0.1, -0.05) is 30.3 Å². The van der Waals surface area contributed by atoms with Crippen LogP contribution in [0.15, 0.2) is 42.5 Å². The molecule has 0 spiro atoms. The highest BCUT2D eigenvalue weighted by Crippen LogP contribution is 2.19. The molecule has 1 aromatic carbocycles. The number of ether oxygens (including phenoxy) is 1. The zero-order valence-electron chi connectivity index (χ0n) is 14.3. The first-order valence-corrected chi connectivity index (χ1v) is 9.33. The Labute approximate surface area is 151 Å². The Bertz CT molecular complexity index is 723. The molecule has 1 atom stereocenters. The van der Waals surface area contributed by atoms with E-state index in [0.29, 0.717) is 9.75 Å². The number of hydrogen-bond donors (Lipinski definition) is 2. The van der Waals surface area contributed by atoms with Crippen LogP contribution in [0.1, 0.15) is 37.9 Å². The Kier molecular flexibility index (Phi) is 5.96. The quantitative estimate of drug-likeness (QED) is 0.765. The Hall–Kier alpha value is -2.02. The van der Waals surface area contributed by atoms with Gasteiger partial charge in [0.15, 0.2) is 5.78 Å². The highest BCUT2D eigenvalue weighted by Gasteiger charge is 2.24. The van der Waals surface area contributed by atoms with Crippen molar-refractivity contribution in [2.45, 2.75) is 13.0 Å². The molecule has 1 aliphatic rings. The molecule has 25 heavy (non-hydrogen) atoms. The summed E-state index contributed by atoms with van der Waals surface area (Å²) < 4.78 is 5.42. The van der Waals surface area contributed by atoms with Gasteiger partial charge in [-0.25, -0.2) is 0 Å². The number of Topliss-reactive ketones (excluding diaryl/α,β-unsaturated/α-hetero) is 1. The summed E-state index contributed by atoms with van der Waals surface area (Å²) >= 11 is 1.24. The maximum absolute atomic E-state index is 12.7. The average Bonchev–Trinajstić information content (AvgIpc) is 3.13. The Balaban J connectivity index is 1.73. The number of nitrogens with one attached hydrogen (secondary N) is 2. The van der Waals surface area contributed by atoms with E-state index < -0.39 is 0 Å². The lowest BCUT2D eigenvalue weighted by atomic mass is 10.1. The number of ketones is 1. The van der Waals surface area contributed by atoms with Gasteiger partial charge in [0, 0.05) is 0 Å². The molecule has 132 valence electrons. The smallest absolute Gasteiger partial charge is 0.262 e. The predicted octanol–water partition coefficient (Wildman–Crippen LogP) is 1.34. The second-order valence-electron chi connectivity index (χ2n) is 6.22. The van der Waals surface area contributed by atoms with Gasteiger partial charge in [-0.05, 0) is 24.6 Å². The van der Waals surface area contributed by atoms with Gasteiger partial charge in [0.25, 0.3) is 5.91 Å². The fourth-order valence-corrected chi connectivity index (χ4v) is 3.77. The lowest BCUT2D eigenvalue weighted by Crippen LogP contribution is -3.14. The molecule has 0 saturated carbocycles. The molecule has 1 saturated heterocycles. The maximum atomic E-state index is 12.7. The molecule has 0 bridgehead atoms. The molecular formula is C19H23N2O3S+. The summed E-state index contributed by atoms with van der Waals surface area (Å²) in [5, 5.41) is 3.15. The van der Waals surface area contributed by atoms with E-state index in [-0.39, 0.29) is 17.7 Å². The summed E-state index contributed by atoms with van der Waals surface area (Å²) in [5.41, 5.74) is 1.10. The van der Waals surface area contributed by atoms with Gasteiger partial charge in [-0.2, -0.15) is 0 Å². The van der Waals surface area contributed by atoms with Crippen LogP contribution < -0.4 is 10.2 Å². The van der Waals surface area contributed by atoms with Crippen LogP contribution in [0.3, 0.4) is 0 Å². The second-order valence-corrected chi connectivity index (χ2v) is 7.31. The molecule has 1 aromatic heterocycles. The number of rotatable bonds is 6. The van der Waals surface area contributed by atoms with E-state index in [4.69, 9.17) is 4.74 Å². The van der Waals surface area contributed by atoms with Crippen molar-refractivity contribution in [1.29, 1.82) is 0 Å². The summed E-state index contributed by atoms with van der Waals surface area (Å²) in [6.45, 7) is 5.76.